The lowest BCUT2D eigenvalue weighted by Crippen LogP contribution is -2.21. The van der Waals surface area contributed by atoms with E-state index in [1.54, 1.807) is 6.20 Å². The Morgan fingerprint density at radius 3 is 2.71 bits per heavy atom. The van der Waals surface area contributed by atoms with Crippen LogP contribution in [0.25, 0.3) is 0 Å². The predicted molar refractivity (Wildman–Crippen MR) is 66.9 cm³/mol. The van der Waals surface area contributed by atoms with Crippen molar-refractivity contribution in [1.82, 2.24) is 4.98 Å². The van der Waals surface area contributed by atoms with Gasteiger partial charge in [-0.2, -0.15) is 0 Å². The summed E-state index contributed by atoms with van der Waals surface area (Å²) in [4.78, 5) is 26.6. The number of aliphatic carboxylic acids is 1. The van der Waals surface area contributed by atoms with Gasteiger partial charge in [-0.05, 0) is 35.2 Å². The zero-order valence-electron chi connectivity index (χ0n) is 8.85. The van der Waals surface area contributed by atoms with Gasteiger partial charge in [-0.1, -0.05) is 11.3 Å². The number of halogens is 1. The molecular weight excluding hydrogens is 308 g/mol. The van der Waals surface area contributed by atoms with Crippen molar-refractivity contribution in [3.63, 3.8) is 0 Å². The third-order valence-corrected chi connectivity index (χ3v) is 4.25. The fourth-order valence-corrected chi connectivity index (χ4v) is 3.07. The first-order valence-electron chi connectivity index (χ1n) is 5.21. The number of hydrogen-bond acceptors (Lipinski definition) is 4. The van der Waals surface area contributed by atoms with Crippen LogP contribution >= 0.6 is 27.3 Å². The number of thiazole rings is 1. The number of anilines is 1. The van der Waals surface area contributed by atoms with E-state index < -0.39 is 5.97 Å². The predicted octanol–water partition coefficient (Wildman–Crippen LogP) is 2.34. The Kier molecular flexibility index (Phi) is 3.78. The lowest BCUT2D eigenvalue weighted by molar-refractivity contribution is -0.141. The number of amides is 1. The van der Waals surface area contributed by atoms with Crippen LogP contribution in [0.15, 0.2) is 9.98 Å². The number of carbonyl (C=O) groups is 2. The van der Waals surface area contributed by atoms with Crippen LogP contribution in [-0.4, -0.2) is 22.0 Å². The van der Waals surface area contributed by atoms with E-state index in [0.717, 1.165) is 3.79 Å². The van der Waals surface area contributed by atoms with Crippen LogP contribution in [0.2, 0.25) is 0 Å². The second kappa shape index (κ2) is 5.14. The normalized spacial score (nSPS) is 23.6. The van der Waals surface area contributed by atoms with Crippen LogP contribution in [0, 0.1) is 11.8 Å². The van der Waals surface area contributed by atoms with Gasteiger partial charge in [0.1, 0.15) is 0 Å². The Morgan fingerprint density at radius 1 is 1.47 bits per heavy atom. The highest BCUT2D eigenvalue weighted by molar-refractivity contribution is 9.11. The minimum atomic E-state index is -0.808. The number of carbonyl (C=O) groups excluding carboxylic acids is 1. The van der Waals surface area contributed by atoms with E-state index in [4.69, 9.17) is 5.11 Å². The first-order chi connectivity index (χ1) is 8.06. The molecule has 0 spiro atoms. The Labute approximate surface area is 110 Å². The summed E-state index contributed by atoms with van der Waals surface area (Å²) in [5.41, 5.74) is 0. The van der Waals surface area contributed by atoms with Crippen LogP contribution in [-0.2, 0) is 9.59 Å². The second-order valence-electron chi connectivity index (χ2n) is 4.00. The van der Waals surface area contributed by atoms with Crippen LogP contribution in [0.1, 0.15) is 19.3 Å². The third kappa shape index (κ3) is 3.04. The van der Waals surface area contributed by atoms with Gasteiger partial charge in [-0.3, -0.25) is 9.59 Å². The zero-order chi connectivity index (χ0) is 12.4. The Balaban J connectivity index is 1.91. The topological polar surface area (TPSA) is 79.3 Å². The van der Waals surface area contributed by atoms with Gasteiger partial charge in [-0.25, -0.2) is 4.98 Å². The second-order valence-corrected chi connectivity index (χ2v) is 6.41. The summed E-state index contributed by atoms with van der Waals surface area (Å²) >= 11 is 4.60. The molecule has 0 radical (unpaired) electrons. The molecule has 0 saturated heterocycles. The molecule has 1 saturated carbocycles. The van der Waals surface area contributed by atoms with E-state index in [1.165, 1.54) is 11.3 Å². The molecule has 7 heteroatoms. The SMILES string of the molecule is O=C(O)[C@@H]1CC[C@H](C(=O)Nc2ncc(Br)s2)C1. The molecule has 1 aromatic rings. The quantitative estimate of drug-likeness (QED) is 0.896. The van der Waals surface area contributed by atoms with Gasteiger partial charge < -0.3 is 10.4 Å². The van der Waals surface area contributed by atoms with E-state index in [-0.39, 0.29) is 17.7 Å². The van der Waals surface area contributed by atoms with E-state index in [1.807, 2.05) is 0 Å². The molecule has 1 amide bonds. The molecule has 2 rings (SSSR count). The van der Waals surface area contributed by atoms with Crippen molar-refractivity contribution in [1.29, 1.82) is 0 Å². The van der Waals surface area contributed by atoms with Gasteiger partial charge in [0.2, 0.25) is 5.91 Å². The van der Waals surface area contributed by atoms with Crippen molar-refractivity contribution in [2.75, 3.05) is 5.32 Å². The molecule has 1 aliphatic carbocycles. The van der Waals surface area contributed by atoms with Crippen molar-refractivity contribution in [3.8, 4) is 0 Å². The maximum atomic E-state index is 11.8. The fraction of sp³-hybridized carbons (Fsp3) is 0.500. The van der Waals surface area contributed by atoms with E-state index >= 15 is 0 Å². The molecule has 1 fully saturated rings. The lowest BCUT2D eigenvalue weighted by Gasteiger charge is -2.08. The first-order valence-corrected chi connectivity index (χ1v) is 6.82. The van der Waals surface area contributed by atoms with E-state index in [2.05, 4.69) is 26.2 Å². The number of nitrogens with one attached hydrogen (secondary N) is 1. The van der Waals surface area contributed by atoms with Gasteiger partial charge in [0, 0.05) is 5.92 Å². The average Bonchev–Trinajstić information content (AvgIpc) is 2.86. The van der Waals surface area contributed by atoms with Crippen LogP contribution < -0.4 is 5.32 Å². The molecule has 2 atom stereocenters. The summed E-state index contributed by atoms with van der Waals surface area (Å²) in [6.07, 6.45) is 3.26. The molecule has 1 aliphatic rings. The van der Waals surface area contributed by atoms with Gasteiger partial charge in [-0.15, -0.1) is 0 Å². The first kappa shape index (κ1) is 12.5. The highest BCUT2D eigenvalue weighted by Crippen LogP contribution is 2.32. The smallest absolute Gasteiger partial charge is 0.306 e. The summed E-state index contributed by atoms with van der Waals surface area (Å²) < 4.78 is 0.850. The fourth-order valence-electron chi connectivity index (χ4n) is 1.96. The Hall–Kier alpha value is -0.950. The van der Waals surface area contributed by atoms with Gasteiger partial charge in [0.05, 0.1) is 15.9 Å². The Morgan fingerprint density at radius 2 is 2.18 bits per heavy atom. The van der Waals surface area contributed by atoms with Crippen molar-refractivity contribution >= 4 is 44.3 Å². The van der Waals surface area contributed by atoms with Crippen LogP contribution in [0.5, 0.6) is 0 Å². The van der Waals surface area contributed by atoms with Crippen molar-refractivity contribution in [2.45, 2.75) is 19.3 Å². The number of carboxylic acids is 1. The summed E-state index contributed by atoms with van der Waals surface area (Å²) in [5.74, 6) is -1.53. The molecule has 0 aliphatic heterocycles. The largest absolute Gasteiger partial charge is 0.481 e. The zero-order valence-corrected chi connectivity index (χ0v) is 11.3. The van der Waals surface area contributed by atoms with Gasteiger partial charge in [0.25, 0.3) is 0 Å². The number of nitrogens with zero attached hydrogens (tertiary/aromatic N) is 1. The van der Waals surface area contributed by atoms with Gasteiger partial charge >= 0.3 is 5.97 Å². The molecule has 0 unspecified atom stereocenters. The highest BCUT2D eigenvalue weighted by Gasteiger charge is 2.34. The van der Waals surface area contributed by atoms with E-state index in [9.17, 15) is 9.59 Å². The third-order valence-electron chi connectivity index (χ3n) is 2.86. The minimum absolute atomic E-state index is 0.129. The molecule has 1 aromatic heterocycles. The summed E-state index contributed by atoms with van der Waals surface area (Å²) in [7, 11) is 0. The summed E-state index contributed by atoms with van der Waals surface area (Å²) in [6, 6.07) is 0. The maximum absolute atomic E-state index is 11.8. The molecule has 1 heterocycles. The monoisotopic (exact) mass is 318 g/mol. The Bertz CT molecular complexity index is 449. The number of aromatic nitrogens is 1. The number of hydrogen-bond donors (Lipinski definition) is 2. The van der Waals surface area contributed by atoms with Crippen molar-refractivity contribution in [2.24, 2.45) is 11.8 Å². The number of rotatable bonds is 3. The average molecular weight is 319 g/mol. The summed E-state index contributed by atoms with van der Waals surface area (Å²) in [5, 5.41) is 12.1. The highest BCUT2D eigenvalue weighted by atomic mass is 79.9. The van der Waals surface area contributed by atoms with Crippen LogP contribution in [0.4, 0.5) is 5.13 Å². The molecular formula is C10H11BrN2O3S. The van der Waals surface area contributed by atoms with Crippen molar-refractivity contribution < 1.29 is 14.7 Å². The van der Waals surface area contributed by atoms with Crippen molar-refractivity contribution in [3.05, 3.63) is 9.98 Å². The van der Waals surface area contributed by atoms with E-state index in [0.29, 0.717) is 24.4 Å². The molecule has 17 heavy (non-hydrogen) atoms. The molecule has 0 aromatic carbocycles. The molecule has 92 valence electrons. The number of carboxylic acid groups (broad SMARTS) is 1. The lowest BCUT2D eigenvalue weighted by atomic mass is 10.0. The summed E-state index contributed by atoms with van der Waals surface area (Å²) in [6.45, 7) is 0. The standard InChI is InChI=1S/C10H11BrN2O3S/c11-7-4-12-10(17-7)13-8(14)5-1-2-6(3-5)9(15)16/h4-6H,1-3H2,(H,15,16)(H,12,13,14)/t5-,6+/m0/s1. The molecule has 0 bridgehead atoms. The van der Waals surface area contributed by atoms with Crippen LogP contribution in [0.3, 0.4) is 0 Å². The minimum Gasteiger partial charge on any atom is -0.481 e. The molecule has 2 N–H and O–H groups in total. The molecule has 5 nitrogen and oxygen atoms in total. The van der Waals surface area contributed by atoms with Gasteiger partial charge in [0.15, 0.2) is 5.13 Å². The maximum Gasteiger partial charge on any atom is 0.306 e.